The van der Waals surface area contributed by atoms with Crippen LogP contribution in [0, 0.1) is 0 Å². The summed E-state index contributed by atoms with van der Waals surface area (Å²) in [5.41, 5.74) is 7.23. The van der Waals surface area contributed by atoms with E-state index < -0.39 is 24.5 Å². The summed E-state index contributed by atoms with van der Waals surface area (Å²) in [7, 11) is 0. The van der Waals surface area contributed by atoms with Gasteiger partial charge in [0.2, 0.25) is 0 Å². The molecule has 0 radical (unpaired) electrons. The summed E-state index contributed by atoms with van der Waals surface area (Å²) in [4.78, 5) is 4.67. The second-order valence-electron chi connectivity index (χ2n) is 7.82. The maximum atomic E-state index is 10.6. The molecule has 1 aromatic heterocycles. The number of aliphatic hydroxyl groups excluding tert-OH is 2. The first kappa shape index (κ1) is 20.1. The molecule has 31 heavy (non-hydrogen) atoms. The summed E-state index contributed by atoms with van der Waals surface area (Å²) in [6, 6.07) is 17.5. The van der Waals surface area contributed by atoms with Crippen LogP contribution in [-0.4, -0.2) is 44.4 Å². The van der Waals surface area contributed by atoms with E-state index in [1.54, 1.807) is 13.3 Å². The van der Waals surface area contributed by atoms with Crippen molar-refractivity contribution in [3.63, 3.8) is 0 Å². The Labute approximate surface area is 185 Å². The number of rotatable bonds is 4. The van der Waals surface area contributed by atoms with Crippen molar-refractivity contribution in [2.75, 3.05) is 5.43 Å². The van der Waals surface area contributed by atoms with Crippen LogP contribution in [0.1, 0.15) is 18.7 Å². The van der Waals surface area contributed by atoms with E-state index >= 15 is 0 Å². The molecule has 1 saturated heterocycles. The van der Waals surface area contributed by atoms with E-state index in [1.807, 2.05) is 70.4 Å². The molecule has 0 aliphatic carbocycles. The number of hydrogen-bond acceptors (Lipinski definition) is 6. The Kier molecular flexibility index (Phi) is 5.19. The SMILES string of the molecule is C[C@H]1O[C@@H](n2cc(-c3ccc(Cl)cc3)c3c2N=CN(Nc2ccccc2)C3)[C@H](O)[C@@H]1O. The summed E-state index contributed by atoms with van der Waals surface area (Å²) < 4.78 is 7.68. The van der Waals surface area contributed by atoms with Gasteiger partial charge in [0.25, 0.3) is 0 Å². The highest BCUT2D eigenvalue weighted by atomic mass is 35.5. The Morgan fingerprint density at radius 1 is 1.06 bits per heavy atom. The van der Waals surface area contributed by atoms with Crippen molar-refractivity contribution in [3.8, 4) is 11.1 Å². The standard InChI is InChI=1S/C23H23ClN4O3/c1-14-20(29)21(30)23(31-14)28-12-18(15-7-9-16(24)10-8-15)19-11-27(13-25-22(19)28)26-17-5-3-2-4-6-17/h2-10,12-14,20-21,23,26,29-30H,11H2,1H3/t14-,20-,21-,23-/m1/s1. The fraction of sp³-hybridized carbons (Fsp3) is 0.261. The van der Waals surface area contributed by atoms with Gasteiger partial charge in [-0.15, -0.1) is 0 Å². The Morgan fingerprint density at radius 2 is 1.81 bits per heavy atom. The van der Waals surface area contributed by atoms with Crippen LogP contribution in [0.15, 0.2) is 65.8 Å². The summed E-state index contributed by atoms with van der Waals surface area (Å²) in [5, 5.41) is 23.3. The number of ether oxygens (including phenoxy) is 1. The zero-order chi connectivity index (χ0) is 21.5. The molecule has 4 atom stereocenters. The molecule has 0 bridgehead atoms. The molecular weight excluding hydrogens is 416 g/mol. The molecule has 3 heterocycles. The van der Waals surface area contributed by atoms with Gasteiger partial charge >= 0.3 is 0 Å². The molecule has 160 valence electrons. The highest BCUT2D eigenvalue weighted by Crippen LogP contribution is 2.41. The Morgan fingerprint density at radius 3 is 2.48 bits per heavy atom. The second kappa shape index (κ2) is 8.01. The van der Waals surface area contributed by atoms with Gasteiger partial charge in [-0.25, -0.2) is 4.99 Å². The minimum absolute atomic E-state index is 0.471. The lowest BCUT2D eigenvalue weighted by Gasteiger charge is -2.26. The molecule has 8 heteroatoms. The maximum Gasteiger partial charge on any atom is 0.164 e. The number of aromatic nitrogens is 1. The summed E-state index contributed by atoms with van der Waals surface area (Å²) in [5.74, 6) is 0.696. The first-order chi connectivity index (χ1) is 15.0. The summed E-state index contributed by atoms with van der Waals surface area (Å²) in [6.07, 6.45) is 0.465. The highest BCUT2D eigenvalue weighted by Gasteiger charge is 2.42. The summed E-state index contributed by atoms with van der Waals surface area (Å²) in [6.45, 7) is 2.30. The number of aliphatic hydroxyl groups is 2. The minimum Gasteiger partial charge on any atom is -0.388 e. The molecule has 0 amide bonds. The number of fused-ring (bicyclic) bond motifs is 1. The van der Waals surface area contributed by atoms with Gasteiger partial charge in [0, 0.05) is 22.3 Å². The Balaban J connectivity index is 1.54. The predicted molar refractivity (Wildman–Crippen MR) is 120 cm³/mol. The van der Waals surface area contributed by atoms with Crippen LogP contribution in [0.2, 0.25) is 5.02 Å². The zero-order valence-electron chi connectivity index (χ0n) is 16.9. The summed E-state index contributed by atoms with van der Waals surface area (Å²) >= 11 is 6.09. The van der Waals surface area contributed by atoms with Gasteiger partial charge < -0.3 is 19.5 Å². The first-order valence-corrected chi connectivity index (χ1v) is 10.5. The highest BCUT2D eigenvalue weighted by molar-refractivity contribution is 6.30. The number of halogens is 1. The van der Waals surface area contributed by atoms with E-state index in [0.717, 1.165) is 22.4 Å². The van der Waals surface area contributed by atoms with Crippen molar-refractivity contribution >= 4 is 29.4 Å². The lowest BCUT2D eigenvalue weighted by atomic mass is 10.0. The van der Waals surface area contributed by atoms with Crippen LogP contribution < -0.4 is 5.43 Å². The predicted octanol–water partition coefficient (Wildman–Crippen LogP) is 3.95. The molecule has 3 N–H and O–H groups in total. The molecule has 0 spiro atoms. The number of anilines is 1. The normalized spacial score (nSPS) is 25.0. The van der Waals surface area contributed by atoms with Crippen molar-refractivity contribution in [1.82, 2.24) is 9.58 Å². The van der Waals surface area contributed by atoms with Gasteiger partial charge in [-0.3, -0.25) is 10.4 Å². The number of hydrogen-bond donors (Lipinski definition) is 3. The van der Waals surface area contributed by atoms with Crippen LogP contribution in [0.4, 0.5) is 11.5 Å². The van der Waals surface area contributed by atoms with Gasteiger partial charge in [0.1, 0.15) is 24.4 Å². The van der Waals surface area contributed by atoms with Crippen LogP contribution in [0.5, 0.6) is 0 Å². The fourth-order valence-electron chi connectivity index (χ4n) is 4.07. The van der Waals surface area contributed by atoms with Crippen molar-refractivity contribution in [2.24, 2.45) is 4.99 Å². The van der Waals surface area contributed by atoms with Crippen molar-refractivity contribution in [1.29, 1.82) is 0 Å². The molecule has 7 nitrogen and oxygen atoms in total. The van der Waals surface area contributed by atoms with Crippen LogP contribution >= 0.6 is 11.6 Å². The van der Waals surface area contributed by atoms with Crippen molar-refractivity contribution < 1.29 is 14.9 Å². The molecule has 2 aliphatic rings. The maximum absolute atomic E-state index is 10.6. The second-order valence-corrected chi connectivity index (χ2v) is 8.26. The topological polar surface area (TPSA) is 82.2 Å². The van der Waals surface area contributed by atoms with E-state index in [-0.39, 0.29) is 0 Å². The van der Waals surface area contributed by atoms with E-state index in [9.17, 15) is 10.2 Å². The Bertz CT molecular complexity index is 1100. The van der Waals surface area contributed by atoms with Crippen LogP contribution in [0.25, 0.3) is 11.1 Å². The quantitative estimate of drug-likeness (QED) is 0.574. The third-order valence-electron chi connectivity index (χ3n) is 5.71. The van der Waals surface area contributed by atoms with E-state index in [0.29, 0.717) is 17.4 Å². The van der Waals surface area contributed by atoms with Gasteiger partial charge in [-0.05, 0) is 36.8 Å². The van der Waals surface area contributed by atoms with E-state index in [1.165, 1.54) is 0 Å². The molecular formula is C23H23ClN4O3. The molecule has 1 fully saturated rings. The third-order valence-corrected chi connectivity index (χ3v) is 5.96. The number of nitrogens with one attached hydrogen (secondary N) is 1. The van der Waals surface area contributed by atoms with Gasteiger partial charge in [0.05, 0.1) is 18.3 Å². The van der Waals surface area contributed by atoms with Gasteiger partial charge in [0.15, 0.2) is 6.23 Å². The average molecular weight is 439 g/mol. The van der Waals surface area contributed by atoms with Gasteiger partial charge in [-0.1, -0.05) is 41.9 Å². The van der Waals surface area contributed by atoms with E-state index in [4.69, 9.17) is 16.3 Å². The van der Waals surface area contributed by atoms with Crippen LogP contribution in [-0.2, 0) is 11.3 Å². The number of para-hydroxylation sites is 1. The molecule has 5 rings (SSSR count). The third kappa shape index (κ3) is 3.70. The molecule has 0 unspecified atom stereocenters. The Hall–Kier alpha value is -2.84. The fourth-order valence-corrected chi connectivity index (χ4v) is 4.19. The number of hydrazine groups is 1. The number of aliphatic imine (C=N–C) groups is 1. The minimum atomic E-state index is -1.04. The zero-order valence-corrected chi connectivity index (χ0v) is 17.6. The van der Waals surface area contributed by atoms with Crippen molar-refractivity contribution in [2.45, 2.75) is 38.0 Å². The lowest BCUT2D eigenvalue weighted by molar-refractivity contribution is -0.0308. The van der Waals surface area contributed by atoms with Crippen molar-refractivity contribution in [3.05, 3.63) is 71.4 Å². The number of nitrogens with zero attached hydrogens (tertiary/aromatic N) is 3. The average Bonchev–Trinajstić information content (AvgIpc) is 3.27. The van der Waals surface area contributed by atoms with Gasteiger partial charge in [-0.2, -0.15) is 0 Å². The van der Waals surface area contributed by atoms with Crippen LogP contribution in [0.3, 0.4) is 0 Å². The number of benzene rings is 2. The molecule has 3 aromatic rings. The first-order valence-electron chi connectivity index (χ1n) is 10.1. The van der Waals surface area contributed by atoms with E-state index in [2.05, 4.69) is 10.4 Å². The largest absolute Gasteiger partial charge is 0.388 e. The molecule has 2 aliphatic heterocycles. The smallest absolute Gasteiger partial charge is 0.164 e. The lowest BCUT2D eigenvalue weighted by Crippen LogP contribution is -2.31. The monoisotopic (exact) mass is 438 g/mol. The molecule has 0 saturated carbocycles. The molecule has 2 aromatic carbocycles.